The molecule has 0 aromatic carbocycles. The molecule has 1 aromatic rings. The largest absolute Gasteiger partial charge is 0.469 e. The van der Waals surface area contributed by atoms with Crippen molar-refractivity contribution in [1.82, 2.24) is 5.32 Å². The Hall–Kier alpha value is -0.760. The zero-order valence-corrected chi connectivity index (χ0v) is 12.7. The Morgan fingerprint density at radius 2 is 2.00 bits per heavy atom. The standard InChI is InChI=1S/C17H29NO/c1-4-18-17(8-7-16-6-5-9-19-16)15-11-13(2)10-14(3)12-15/h5-6,9,13-15,17-18H,4,7-8,10-12H2,1-3H3. The lowest BCUT2D eigenvalue weighted by atomic mass is 9.73. The molecule has 1 fully saturated rings. The van der Waals surface area contributed by atoms with Crippen LogP contribution in [0.5, 0.6) is 0 Å². The predicted octanol–water partition coefficient (Wildman–Crippen LogP) is 4.26. The summed E-state index contributed by atoms with van der Waals surface area (Å²) in [5.74, 6) is 3.74. The normalized spacial score (nSPS) is 29.3. The maximum atomic E-state index is 5.46. The van der Waals surface area contributed by atoms with Gasteiger partial charge >= 0.3 is 0 Å². The van der Waals surface area contributed by atoms with Gasteiger partial charge in [0.15, 0.2) is 0 Å². The van der Waals surface area contributed by atoms with Gasteiger partial charge in [0.05, 0.1) is 6.26 Å². The lowest BCUT2D eigenvalue weighted by Gasteiger charge is -2.37. The molecule has 19 heavy (non-hydrogen) atoms. The molecule has 1 N–H and O–H groups in total. The third-order valence-electron chi connectivity index (χ3n) is 4.53. The number of nitrogens with one attached hydrogen (secondary N) is 1. The average molecular weight is 263 g/mol. The van der Waals surface area contributed by atoms with Crippen LogP contribution >= 0.6 is 0 Å². The highest BCUT2D eigenvalue weighted by molar-refractivity contribution is 4.99. The van der Waals surface area contributed by atoms with Crippen LogP contribution in [0.2, 0.25) is 0 Å². The average Bonchev–Trinajstić information content (AvgIpc) is 2.86. The van der Waals surface area contributed by atoms with E-state index in [9.17, 15) is 0 Å². The summed E-state index contributed by atoms with van der Waals surface area (Å²) in [5, 5.41) is 3.71. The molecule has 3 unspecified atom stereocenters. The van der Waals surface area contributed by atoms with Crippen molar-refractivity contribution in [1.29, 1.82) is 0 Å². The molecule has 1 aliphatic rings. The maximum absolute atomic E-state index is 5.46. The van der Waals surface area contributed by atoms with Gasteiger partial charge in [-0.2, -0.15) is 0 Å². The van der Waals surface area contributed by atoms with Crippen molar-refractivity contribution in [3.63, 3.8) is 0 Å². The van der Waals surface area contributed by atoms with Crippen LogP contribution in [0.15, 0.2) is 22.8 Å². The first kappa shape index (κ1) is 14.6. The minimum absolute atomic E-state index is 0.653. The monoisotopic (exact) mass is 263 g/mol. The Morgan fingerprint density at radius 1 is 1.26 bits per heavy atom. The van der Waals surface area contributed by atoms with Crippen LogP contribution in [0.3, 0.4) is 0 Å². The summed E-state index contributed by atoms with van der Waals surface area (Å²) < 4.78 is 5.46. The third kappa shape index (κ3) is 4.38. The molecule has 1 heterocycles. The van der Waals surface area contributed by atoms with E-state index in [0.717, 1.165) is 36.5 Å². The summed E-state index contributed by atoms with van der Waals surface area (Å²) in [5.41, 5.74) is 0. The maximum Gasteiger partial charge on any atom is 0.103 e. The lowest BCUT2D eigenvalue weighted by Crippen LogP contribution is -2.40. The van der Waals surface area contributed by atoms with E-state index < -0.39 is 0 Å². The van der Waals surface area contributed by atoms with Crippen LogP contribution in [0.25, 0.3) is 0 Å². The fourth-order valence-corrected chi connectivity index (χ4v) is 3.86. The van der Waals surface area contributed by atoms with E-state index in [1.54, 1.807) is 6.26 Å². The Kier molecular flexibility index (Phi) is 5.50. The molecular weight excluding hydrogens is 234 g/mol. The summed E-state index contributed by atoms with van der Waals surface area (Å²) >= 11 is 0. The molecule has 2 rings (SSSR count). The summed E-state index contributed by atoms with van der Waals surface area (Å²) in [6, 6.07) is 4.73. The van der Waals surface area contributed by atoms with Crippen LogP contribution in [0.1, 0.15) is 52.2 Å². The second-order valence-corrected chi connectivity index (χ2v) is 6.46. The SMILES string of the molecule is CCNC(CCc1ccco1)C1CC(C)CC(C)C1. The first-order chi connectivity index (χ1) is 9.19. The summed E-state index contributed by atoms with van der Waals surface area (Å²) in [6.45, 7) is 8.12. The van der Waals surface area contributed by atoms with Crippen molar-refractivity contribution in [2.45, 2.75) is 58.9 Å². The third-order valence-corrected chi connectivity index (χ3v) is 4.53. The highest BCUT2D eigenvalue weighted by atomic mass is 16.3. The number of hydrogen-bond acceptors (Lipinski definition) is 2. The number of rotatable bonds is 6. The molecule has 0 radical (unpaired) electrons. The Bertz CT molecular complexity index is 336. The van der Waals surface area contributed by atoms with E-state index in [2.05, 4.69) is 32.2 Å². The minimum Gasteiger partial charge on any atom is -0.469 e. The van der Waals surface area contributed by atoms with Crippen molar-refractivity contribution in [2.75, 3.05) is 6.54 Å². The highest BCUT2D eigenvalue weighted by Crippen LogP contribution is 2.35. The van der Waals surface area contributed by atoms with Crippen LogP contribution in [0, 0.1) is 17.8 Å². The van der Waals surface area contributed by atoms with E-state index in [1.165, 1.54) is 25.7 Å². The zero-order chi connectivity index (χ0) is 13.7. The molecule has 0 amide bonds. The molecule has 1 aliphatic carbocycles. The van der Waals surface area contributed by atoms with Crippen molar-refractivity contribution in [3.8, 4) is 0 Å². The highest BCUT2D eigenvalue weighted by Gasteiger charge is 2.29. The van der Waals surface area contributed by atoms with Gasteiger partial charge in [0.25, 0.3) is 0 Å². The van der Waals surface area contributed by atoms with Gasteiger partial charge in [-0.1, -0.05) is 20.8 Å². The minimum atomic E-state index is 0.653. The van der Waals surface area contributed by atoms with Gasteiger partial charge < -0.3 is 9.73 Å². The molecule has 0 saturated heterocycles. The zero-order valence-electron chi connectivity index (χ0n) is 12.7. The quantitative estimate of drug-likeness (QED) is 0.829. The number of hydrogen-bond donors (Lipinski definition) is 1. The lowest BCUT2D eigenvalue weighted by molar-refractivity contribution is 0.171. The van der Waals surface area contributed by atoms with Gasteiger partial charge in [-0.3, -0.25) is 0 Å². The van der Waals surface area contributed by atoms with Crippen molar-refractivity contribution in [2.24, 2.45) is 17.8 Å². The van der Waals surface area contributed by atoms with Crippen molar-refractivity contribution >= 4 is 0 Å². The van der Waals surface area contributed by atoms with Crippen LogP contribution in [-0.2, 0) is 6.42 Å². The first-order valence-electron chi connectivity index (χ1n) is 7.94. The fourth-order valence-electron chi connectivity index (χ4n) is 3.86. The second-order valence-electron chi connectivity index (χ2n) is 6.46. The van der Waals surface area contributed by atoms with Crippen LogP contribution in [-0.4, -0.2) is 12.6 Å². The van der Waals surface area contributed by atoms with Gasteiger partial charge in [-0.25, -0.2) is 0 Å². The number of aryl methyl sites for hydroxylation is 1. The van der Waals surface area contributed by atoms with Gasteiger partial charge in [0.1, 0.15) is 5.76 Å². The number of furan rings is 1. The van der Waals surface area contributed by atoms with E-state index in [-0.39, 0.29) is 0 Å². The van der Waals surface area contributed by atoms with E-state index in [4.69, 9.17) is 4.42 Å². The van der Waals surface area contributed by atoms with E-state index >= 15 is 0 Å². The molecule has 1 aromatic heterocycles. The van der Waals surface area contributed by atoms with Gasteiger partial charge in [0.2, 0.25) is 0 Å². The van der Waals surface area contributed by atoms with E-state index in [1.807, 2.05) is 6.07 Å². The second kappa shape index (κ2) is 7.14. The Morgan fingerprint density at radius 3 is 2.58 bits per heavy atom. The van der Waals surface area contributed by atoms with Crippen LogP contribution < -0.4 is 5.32 Å². The molecule has 108 valence electrons. The molecule has 2 heteroatoms. The molecule has 1 saturated carbocycles. The fraction of sp³-hybridized carbons (Fsp3) is 0.765. The van der Waals surface area contributed by atoms with Crippen molar-refractivity contribution in [3.05, 3.63) is 24.2 Å². The molecular formula is C17H29NO. The first-order valence-corrected chi connectivity index (χ1v) is 7.94. The summed E-state index contributed by atoms with van der Waals surface area (Å²) in [6.07, 6.45) is 8.23. The smallest absolute Gasteiger partial charge is 0.103 e. The van der Waals surface area contributed by atoms with Crippen LogP contribution in [0.4, 0.5) is 0 Å². The summed E-state index contributed by atoms with van der Waals surface area (Å²) in [7, 11) is 0. The summed E-state index contributed by atoms with van der Waals surface area (Å²) in [4.78, 5) is 0. The van der Waals surface area contributed by atoms with E-state index in [0.29, 0.717) is 6.04 Å². The molecule has 0 aliphatic heterocycles. The van der Waals surface area contributed by atoms with Gasteiger partial charge in [0, 0.05) is 12.5 Å². The molecule has 0 spiro atoms. The molecule has 2 nitrogen and oxygen atoms in total. The molecule has 3 atom stereocenters. The van der Waals surface area contributed by atoms with Crippen molar-refractivity contribution < 1.29 is 4.42 Å². The Balaban J connectivity index is 1.90. The topological polar surface area (TPSA) is 25.2 Å². The van der Waals surface area contributed by atoms with Gasteiger partial charge in [-0.05, 0) is 62.1 Å². The van der Waals surface area contributed by atoms with Gasteiger partial charge in [-0.15, -0.1) is 0 Å². The molecule has 0 bridgehead atoms. The Labute approximate surface area is 118 Å². The predicted molar refractivity (Wildman–Crippen MR) is 80.2 cm³/mol.